The summed E-state index contributed by atoms with van der Waals surface area (Å²) in [5, 5.41) is 0. The van der Waals surface area contributed by atoms with Crippen LogP contribution in [0.1, 0.15) is 28.2 Å². The van der Waals surface area contributed by atoms with Crippen molar-refractivity contribution in [3.05, 3.63) is 62.8 Å². The molecule has 0 unspecified atom stereocenters. The summed E-state index contributed by atoms with van der Waals surface area (Å²) in [4.78, 5) is 18.5. The fourth-order valence-corrected chi connectivity index (χ4v) is 1.86. The van der Waals surface area contributed by atoms with Gasteiger partial charge in [0.2, 0.25) is 0 Å². The molecular weight excluding hydrogens is 226 g/mol. The zero-order valence-electron chi connectivity index (χ0n) is 10.7. The molecule has 0 saturated carbocycles. The molecule has 0 saturated heterocycles. The molecule has 4 nitrogen and oxygen atoms in total. The van der Waals surface area contributed by atoms with Gasteiger partial charge in [0.25, 0.3) is 5.56 Å². The number of nitrogens with one attached hydrogen (secondary N) is 1. The molecule has 0 aliphatic heterocycles. The Morgan fingerprint density at radius 1 is 1.22 bits per heavy atom. The van der Waals surface area contributed by atoms with Crippen LogP contribution in [0.3, 0.4) is 0 Å². The van der Waals surface area contributed by atoms with Crippen LogP contribution < -0.4 is 11.3 Å². The third-order valence-corrected chi connectivity index (χ3v) is 3.00. The van der Waals surface area contributed by atoms with Crippen molar-refractivity contribution in [3.63, 3.8) is 0 Å². The number of aromatic amines is 1. The number of rotatable bonds is 3. The Kier molecular flexibility index (Phi) is 3.58. The van der Waals surface area contributed by atoms with Crippen LogP contribution in [0, 0.1) is 13.8 Å². The molecule has 1 aromatic heterocycles. The van der Waals surface area contributed by atoms with E-state index in [-0.39, 0.29) is 12.1 Å². The minimum atomic E-state index is -0.149. The molecule has 2 rings (SSSR count). The number of aryl methyl sites for hydroxylation is 2. The minimum absolute atomic E-state index is 0.149. The first-order chi connectivity index (χ1) is 8.58. The smallest absolute Gasteiger partial charge is 0.251 e. The van der Waals surface area contributed by atoms with Gasteiger partial charge in [-0.2, -0.15) is 0 Å². The molecular formula is C14H17N3O. The molecule has 0 fully saturated rings. The quantitative estimate of drug-likeness (QED) is 0.856. The van der Waals surface area contributed by atoms with Crippen molar-refractivity contribution in [1.29, 1.82) is 0 Å². The summed E-state index contributed by atoms with van der Waals surface area (Å²) in [5.74, 6) is 0.659. The van der Waals surface area contributed by atoms with Crippen LogP contribution in [-0.2, 0) is 13.0 Å². The number of benzene rings is 1. The first-order valence-electron chi connectivity index (χ1n) is 5.94. The molecule has 1 heterocycles. The highest BCUT2D eigenvalue weighted by Gasteiger charge is 2.03. The average Bonchev–Trinajstić information content (AvgIpc) is 2.33. The van der Waals surface area contributed by atoms with Crippen molar-refractivity contribution in [2.45, 2.75) is 26.8 Å². The molecule has 2 aromatic rings. The summed E-state index contributed by atoms with van der Waals surface area (Å²) in [7, 11) is 0. The third kappa shape index (κ3) is 2.84. The first kappa shape index (κ1) is 12.5. The van der Waals surface area contributed by atoms with E-state index in [1.807, 2.05) is 0 Å². The maximum atomic E-state index is 11.4. The SMILES string of the molecule is Cc1ccc(Cc2nc(CN)cc(=O)[nH]2)cc1C. The summed E-state index contributed by atoms with van der Waals surface area (Å²) in [6.45, 7) is 4.43. The molecule has 0 atom stereocenters. The molecule has 4 heteroatoms. The van der Waals surface area contributed by atoms with Crippen LogP contribution in [0.5, 0.6) is 0 Å². The summed E-state index contributed by atoms with van der Waals surface area (Å²) in [6, 6.07) is 7.68. The Morgan fingerprint density at radius 3 is 2.67 bits per heavy atom. The molecule has 0 spiro atoms. The van der Waals surface area contributed by atoms with Crippen molar-refractivity contribution in [2.75, 3.05) is 0 Å². The second-order valence-electron chi connectivity index (χ2n) is 4.48. The Hall–Kier alpha value is -1.94. The third-order valence-electron chi connectivity index (χ3n) is 3.00. The molecule has 0 radical (unpaired) electrons. The van der Waals surface area contributed by atoms with E-state index >= 15 is 0 Å². The van der Waals surface area contributed by atoms with Crippen molar-refractivity contribution < 1.29 is 0 Å². The highest BCUT2D eigenvalue weighted by Crippen LogP contribution is 2.12. The van der Waals surface area contributed by atoms with Gasteiger partial charge >= 0.3 is 0 Å². The molecule has 0 bridgehead atoms. The number of nitrogens with two attached hydrogens (primary N) is 1. The van der Waals surface area contributed by atoms with Crippen molar-refractivity contribution in [2.24, 2.45) is 5.73 Å². The van der Waals surface area contributed by atoms with E-state index in [4.69, 9.17) is 5.73 Å². The van der Waals surface area contributed by atoms with Gasteiger partial charge in [-0.25, -0.2) is 4.98 Å². The van der Waals surface area contributed by atoms with E-state index in [0.29, 0.717) is 17.9 Å². The minimum Gasteiger partial charge on any atom is -0.325 e. The Labute approximate surface area is 106 Å². The number of H-pyrrole nitrogens is 1. The van der Waals surface area contributed by atoms with Crippen LogP contribution in [0.4, 0.5) is 0 Å². The topological polar surface area (TPSA) is 71.8 Å². The van der Waals surface area contributed by atoms with Crippen LogP contribution >= 0.6 is 0 Å². The molecule has 94 valence electrons. The maximum absolute atomic E-state index is 11.4. The van der Waals surface area contributed by atoms with Gasteiger partial charge in [-0.3, -0.25) is 4.79 Å². The summed E-state index contributed by atoms with van der Waals surface area (Å²) in [6.07, 6.45) is 0.615. The van der Waals surface area contributed by atoms with Gasteiger partial charge in [0.1, 0.15) is 5.82 Å². The average molecular weight is 243 g/mol. The Balaban J connectivity index is 2.30. The maximum Gasteiger partial charge on any atom is 0.251 e. The van der Waals surface area contributed by atoms with E-state index in [0.717, 1.165) is 5.56 Å². The lowest BCUT2D eigenvalue weighted by Gasteiger charge is -2.06. The number of hydrogen-bond acceptors (Lipinski definition) is 3. The first-order valence-corrected chi connectivity index (χ1v) is 5.94. The summed E-state index contributed by atoms with van der Waals surface area (Å²) in [5.41, 5.74) is 9.62. The number of aromatic nitrogens is 2. The highest BCUT2D eigenvalue weighted by atomic mass is 16.1. The predicted molar refractivity (Wildman–Crippen MR) is 71.5 cm³/mol. The fraction of sp³-hybridized carbons (Fsp3) is 0.286. The van der Waals surface area contributed by atoms with Crippen LogP contribution in [0.2, 0.25) is 0 Å². The van der Waals surface area contributed by atoms with Gasteiger partial charge in [0, 0.05) is 19.0 Å². The van der Waals surface area contributed by atoms with Gasteiger partial charge in [0.15, 0.2) is 0 Å². The van der Waals surface area contributed by atoms with E-state index in [1.165, 1.54) is 17.2 Å². The van der Waals surface area contributed by atoms with E-state index < -0.39 is 0 Å². The van der Waals surface area contributed by atoms with Crippen molar-refractivity contribution in [1.82, 2.24) is 9.97 Å². The van der Waals surface area contributed by atoms with Crippen LogP contribution in [0.15, 0.2) is 29.1 Å². The number of nitrogens with zero attached hydrogens (tertiary/aromatic N) is 1. The summed E-state index contributed by atoms with van der Waals surface area (Å²) < 4.78 is 0. The van der Waals surface area contributed by atoms with Gasteiger partial charge in [-0.05, 0) is 30.5 Å². The van der Waals surface area contributed by atoms with E-state index in [2.05, 4.69) is 42.0 Å². The standard InChI is InChI=1S/C14H17N3O/c1-9-3-4-11(5-10(9)2)6-13-16-12(8-15)7-14(18)17-13/h3-5,7H,6,8,15H2,1-2H3,(H,16,17,18). The Morgan fingerprint density at radius 2 is 2.00 bits per heavy atom. The van der Waals surface area contributed by atoms with Gasteiger partial charge in [-0.15, -0.1) is 0 Å². The van der Waals surface area contributed by atoms with E-state index in [9.17, 15) is 4.79 Å². The van der Waals surface area contributed by atoms with E-state index in [1.54, 1.807) is 0 Å². The molecule has 0 aliphatic rings. The predicted octanol–water partition coefficient (Wildman–Crippen LogP) is 1.44. The second-order valence-corrected chi connectivity index (χ2v) is 4.48. The van der Waals surface area contributed by atoms with Crippen LogP contribution in [-0.4, -0.2) is 9.97 Å². The lowest BCUT2D eigenvalue weighted by molar-refractivity contribution is 0.874. The number of hydrogen-bond donors (Lipinski definition) is 2. The molecule has 0 aliphatic carbocycles. The zero-order chi connectivity index (χ0) is 13.1. The van der Waals surface area contributed by atoms with Gasteiger partial charge in [0.05, 0.1) is 5.69 Å². The van der Waals surface area contributed by atoms with Crippen molar-refractivity contribution in [3.8, 4) is 0 Å². The lowest BCUT2D eigenvalue weighted by Crippen LogP contribution is -2.15. The largest absolute Gasteiger partial charge is 0.325 e. The zero-order valence-corrected chi connectivity index (χ0v) is 10.7. The van der Waals surface area contributed by atoms with Crippen molar-refractivity contribution >= 4 is 0 Å². The monoisotopic (exact) mass is 243 g/mol. The molecule has 1 aromatic carbocycles. The van der Waals surface area contributed by atoms with Gasteiger partial charge in [-0.1, -0.05) is 18.2 Å². The summed E-state index contributed by atoms with van der Waals surface area (Å²) >= 11 is 0. The fourth-order valence-electron chi connectivity index (χ4n) is 1.86. The van der Waals surface area contributed by atoms with Crippen LogP contribution in [0.25, 0.3) is 0 Å². The molecule has 0 amide bonds. The normalized spacial score (nSPS) is 10.6. The highest BCUT2D eigenvalue weighted by molar-refractivity contribution is 5.31. The lowest BCUT2D eigenvalue weighted by atomic mass is 10.0. The molecule has 3 N–H and O–H groups in total. The Bertz CT molecular complexity index is 617. The second kappa shape index (κ2) is 5.14. The molecule has 18 heavy (non-hydrogen) atoms. The van der Waals surface area contributed by atoms with Gasteiger partial charge < -0.3 is 10.7 Å².